The van der Waals surface area contributed by atoms with Gasteiger partial charge >= 0.3 is 0 Å². The van der Waals surface area contributed by atoms with E-state index in [1.807, 2.05) is 48.0 Å². The maximum Gasteiger partial charge on any atom is 0.267 e. The van der Waals surface area contributed by atoms with Gasteiger partial charge in [-0.3, -0.25) is 9.48 Å². The molecule has 0 amide bonds. The van der Waals surface area contributed by atoms with Crippen LogP contribution in [-0.2, 0) is 0 Å². The molecule has 2 atom stereocenters. The summed E-state index contributed by atoms with van der Waals surface area (Å²) in [6, 6.07) is 22.3. The van der Waals surface area contributed by atoms with Gasteiger partial charge in [0.1, 0.15) is 0 Å². The van der Waals surface area contributed by atoms with Gasteiger partial charge in [0.05, 0.1) is 12.1 Å². The predicted molar refractivity (Wildman–Crippen MR) is 93.9 cm³/mol. The summed E-state index contributed by atoms with van der Waals surface area (Å²) in [6.07, 6.45) is 0. The highest BCUT2D eigenvalue weighted by Gasteiger charge is 2.20. The van der Waals surface area contributed by atoms with E-state index in [0.717, 1.165) is 11.3 Å². The highest BCUT2D eigenvalue weighted by atomic mass is 16.1. The van der Waals surface area contributed by atoms with Gasteiger partial charge in [-0.15, -0.1) is 0 Å². The van der Waals surface area contributed by atoms with E-state index in [1.165, 1.54) is 5.56 Å². The Bertz CT molecular complexity index is 831. The van der Waals surface area contributed by atoms with E-state index in [2.05, 4.69) is 42.8 Å². The average Bonchev–Trinajstić information content (AvgIpc) is 2.89. The monoisotopic (exact) mass is 306 g/mol. The van der Waals surface area contributed by atoms with Gasteiger partial charge in [-0.25, -0.2) is 4.68 Å². The van der Waals surface area contributed by atoms with Crippen molar-refractivity contribution >= 4 is 0 Å². The first-order valence-corrected chi connectivity index (χ1v) is 8.00. The van der Waals surface area contributed by atoms with Crippen LogP contribution in [0.25, 0.3) is 0 Å². The summed E-state index contributed by atoms with van der Waals surface area (Å²) in [5.41, 5.74) is 3.35. The molecule has 3 nitrogen and oxygen atoms in total. The Morgan fingerprint density at radius 2 is 1.17 bits per heavy atom. The Morgan fingerprint density at radius 1 is 0.739 bits per heavy atom. The van der Waals surface area contributed by atoms with Gasteiger partial charge in [0.15, 0.2) is 0 Å². The molecular weight excluding hydrogens is 284 g/mol. The molecule has 0 saturated carbocycles. The molecule has 0 unspecified atom stereocenters. The number of hydrogen-bond donors (Lipinski definition) is 0. The van der Waals surface area contributed by atoms with Gasteiger partial charge in [-0.05, 0) is 31.9 Å². The van der Waals surface area contributed by atoms with Crippen molar-refractivity contribution in [2.24, 2.45) is 0 Å². The molecule has 0 spiro atoms. The summed E-state index contributed by atoms with van der Waals surface area (Å²) < 4.78 is 3.97. The minimum absolute atomic E-state index is 0.0106. The van der Waals surface area contributed by atoms with Crippen LogP contribution < -0.4 is 5.56 Å². The average molecular weight is 306 g/mol. The van der Waals surface area contributed by atoms with Crippen molar-refractivity contribution in [3.05, 3.63) is 93.9 Å². The van der Waals surface area contributed by atoms with Gasteiger partial charge in [0, 0.05) is 11.8 Å². The zero-order valence-electron chi connectivity index (χ0n) is 13.8. The molecule has 0 aliphatic heterocycles. The van der Waals surface area contributed by atoms with Crippen LogP contribution >= 0.6 is 0 Å². The molecule has 0 aliphatic carbocycles. The molecule has 118 valence electrons. The molecule has 3 rings (SSSR count). The molecule has 0 aliphatic rings. The maximum absolute atomic E-state index is 12.6. The summed E-state index contributed by atoms with van der Waals surface area (Å²) in [7, 11) is 0. The van der Waals surface area contributed by atoms with E-state index in [-0.39, 0.29) is 17.6 Å². The molecule has 0 radical (unpaired) electrons. The molecule has 0 N–H and O–H groups in total. The van der Waals surface area contributed by atoms with Crippen LogP contribution in [0.1, 0.15) is 42.8 Å². The SMILES string of the molecule is Cc1cc(=O)n([C@@H](C)c2ccccc2)n1[C@@H](C)c1ccccc1. The third-order valence-electron chi connectivity index (χ3n) is 4.45. The number of aryl methyl sites for hydroxylation is 1. The first-order valence-electron chi connectivity index (χ1n) is 8.00. The van der Waals surface area contributed by atoms with Crippen molar-refractivity contribution in [2.75, 3.05) is 0 Å². The summed E-state index contributed by atoms with van der Waals surface area (Å²) in [5, 5.41) is 0. The number of hydrogen-bond acceptors (Lipinski definition) is 1. The minimum atomic E-state index is -0.0106. The van der Waals surface area contributed by atoms with Gasteiger partial charge in [0.2, 0.25) is 0 Å². The summed E-state index contributed by atoms with van der Waals surface area (Å²) in [5.74, 6) is 0. The molecule has 3 aromatic rings. The molecule has 1 heterocycles. The lowest BCUT2D eigenvalue weighted by atomic mass is 10.1. The fraction of sp³-hybridized carbons (Fsp3) is 0.250. The van der Waals surface area contributed by atoms with E-state index < -0.39 is 0 Å². The number of aromatic nitrogens is 2. The van der Waals surface area contributed by atoms with E-state index >= 15 is 0 Å². The summed E-state index contributed by atoms with van der Waals surface area (Å²) >= 11 is 0. The standard InChI is InChI=1S/C20H22N2O/c1-15-14-20(23)22(17(3)19-12-8-5-9-13-19)21(15)16(2)18-10-6-4-7-11-18/h4-14,16-17H,1-3H3/t16-,17-/m0/s1. The van der Waals surface area contributed by atoms with Crippen molar-refractivity contribution in [3.8, 4) is 0 Å². The molecule has 0 saturated heterocycles. The Hall–Kier alpha value is -2.55. The van der Waals surface area contributed by atoms with Crippen LogP contribution in [0.2, 0.25) is 0 Å². The number of nitrogens with zero attached hydrogens (tertiary/aromatic N) is 2. The van der Waals surface area contributed by atoms with Gasteiger partial charge in [0.25, 0.3) is 5.56 Å². The normalized spacial score (nSPS) is 13.7. The topological polar surface area (TPSA) is 26.9 Å². The van der Waals surface area contributed by atoms with E-state index in [9.17, 15) is 4.79 Å². The van der Waals surface area contributed by atoms with Crippen molar-refractivity contribution < 1.29 is 0 Å². The molecule has 0 bridgehead atoms. The molecule has 3 heteroatoms. The van der Waals surface area contributed by atoms with Crippen LogP contribution in [0.15, 0.2) is 71.5 Å². The van der Waals surface area contributed by atoms with E-state index in [1.54, 1.807) is 6.07 Å². The van der Waals surface area contributed by atoms with Crippen LogP contribution in [0.3, 0.4) is 0 Å². The Kier molecular flexibility index (Phi) is 4.20. The lowest BCUT2D eigenvalue weighted by Crippen LogP contribution is -2.29. The first kappa shape index (κ1) is 15.3. The number of benzene rings is 2. The lowest BCUT2D eigenvalue weighted by molar-refractivity contribution is 0.387. The van der Waals surface area contributed by atoms with Crippen LogP contribution in [0, 0.1) is 6.92 Å². The molecular formula is C20H22N2O. The third-order valence-corrected chi connectivity index (χ3v) is 4.45. The second-order valence-corrected chi connectivity index (χ2v) is 5.99. The molecule has 2 aromatic carbocycles. The smallest absolute Gasteiger partial charge is 0.267 e. The molecule has 1 aromatic heterocycles. The molecule has 0 fully saturated rings. The van der Waals surface area contributed by atoms with Crippen molar-refractivity contribution in [2.45, 2.75) is 32.9 Å². The fourth-order valence-corrected chi connectivity index (χ4v) is 3.20. The van der Waals surface area contributed by atoms with E-state index in [4.69, 9.17) is 0 Å². The van der Waals surface area contributed by atoms with Crippen LogP contribution in [-0.4, -0.2) is 9.36 Å². The largest absolute Gasteiger partial charge is 0.279 e. The van der Waals surface area contributed by atoms with Gasteiger partial charge in [-0.2, -0.15) is 0 Å². The number of rotatable bonds is 4. The zero-order valence-corrected chi connectivity index (χ0v) is 13.8. The third kappa shape index (κ3) is 2.87. The quantitative estimate of drug-likeness (QED) is 0.710. The minimum Gasteiger partial charge on any atom is -0.279 e. The molecule has 23 heavy (non-hydrogen) atoms. The van der Waals surface area contributed by atoms with Gasteiger partial charge in [-0.1, -0.05) is 60.7 Å². The van der Waals surface area contributed by atoms with E-state index in [0.29, 0.717) is 0 Å². The maximum atomic E-state index is 12.6. The van der Waals surface area contributed by atoms with Crippen molar-refractivity contribution in [3.63, 3.8) is 0 Å². The second kappa shape index (κ2) is 6.29. The fourth-order valence-electron chi connectivity index (χ4n) is 3.20. The first-order chi connectivity index (χ1) is 11.1. The van der Waals surface area contributed by atoms with Gasteiger partial charge < -0.3 is 0 Å². The van der Waals surface area contributed by atoms with Crippen LogP contribution in [0.5, 0.6) is 0 Å². The highest BCUT2D eigenvalue weighted by molar-refractivity contribution is 5.22. The van der Waals surface area contributed by atoms with Crippen LogP contribution in [0.4, 0.5) is 0 Å². The highest BCUT2D eigenvalue weighted by Crippen LogP contribution is 2.23. The van der Waals surface area contributed by atoms with Crippen molar-refractivity contribution in [1.82, 2.24) is 9.36 Å². The summed E-state index contributed by atoms with van der Waals surface area (Å²) in [4.78, 5) is 12.6. The lowest BCUT2D eigenvalue weighted by Gasteiger charge is -2.25. The summed E-state index contributed by atoms with van der Waals surface area (Å²) in [6.45, 7) is 6.20. The van der Waals surface area contributed by atoms with Crippen molar-refractivity contribution in [1.29, 1.82) is 0 Å². The zero-order chi connectivity index (χ0) is 16.4. The predicted octanol–water partition coefficient (Wildman–Crippen LogP) is 4.18. The Balaban J connectivity index is 2.10. The second-order valence-electron chi connectivity index (χ2n) is 5.99. The Labute approximate surface area is 136 Å². The Morgan fingerprint density at radius 3 is 1.65 bits per heavy atom.